The van der Waals surface area contributed by atoms with Gasteiger partial charge >= 0.3 is 0 Å². The average molecular weight is 250 g/mol. The molecule has 4 heteroatoms. The van der Waals surface area contributed by atoms with Crippen LogP contribution in [0.25, 0.3) is 0 Å². The number of thioether (sulfide) groups is 1. The first-order valence-electron chi connectivity index (χ1n) is 4.52. The van der Waals surface area contributed by atoms with Crippen molar-refractivity contribution >= 4 is 35.0 Å². The van der Waals surface area contributed by atoms with Gasteiger partial charge in [0.25, 0.3) is 0 Å². The molecule has 0 aliphatic heterocycles. The van der Waals surface area contributed by atoms with Crippen LogP contribution < -0.4 is 5.32 Å². The Balaban J connectivity index is 2.45. The number of hydrogen-bond donors (Lipinski definition) is 1. The molecule has 0 unspecified atom stereocenters. The fourth-order valence-electron chi connectivity index (χ4n) is 0.998. The first-order chi connectivity index (χ1) is 6.74. The van der Waals surface area contributed by atoms with E-state index < -0.39 is 0 Å². The van der Waals surface area contributed by atoms with E-state index in [-0.39, 0.29) is 0 Å². The normalized spacial score (nSPS) is 10.5. The van der Waals surface area contributed by atoms with Crippen molar-refractivity contribution in [3.63, 3.8) is 0 Å². The number of halogens is 2. The van der Waals surface area contributed by atoms with Gasteiger partial charge in [-0.05, 0) is 24.7 Å². The van der Waals surface area contributed by atoms with Gasteiger partial charge in [-0.3, -0.25) is 0 Å². The van der Waals surface area contributed by atoms with Gasteiger partial charge in [0, 0.05) is 22.2 Å². The van der Waals surface area contributed by atoms with Crippen LogP contribution in [-0.2, 0) is 0 Å². The molecule has 0 heterocycles. The molecule has 0 aliphatic carbocycles. The zero-order valence-electron chi connectivity index (χ0n) is 8.02. The molecule has 1 aromatic rings. The highest BCUT2D eigenvalue weighted by molar-refractivity contribution is 7.99. The Kier molecular flexibility index (Phi) is 5.71. The van der Waals surface area contributed by atoms with Gasteiger partial charge in [0.2, 0.25) is 0 Å². The quantitative estimate of drug-likeness (QED) is 0.631. The first kappa shape index (κ1) is 12.2. The number of benzene rings is 1. The zero-order valence-corrected chi connectivity index (χ0v) is 10.3. The highest BCUT2D eigenvalue weighted by Gasteiger charge is 2.01. The Morgan fingerprint density at radius 1 is 1.36 bits per heavy atom. The summed E-state index contributed by atoms with van der Waals surface area (Å²) in [6, 6.07) is 5.54. The second-order valence-electron chi connectivity index (χ2n) is 2.78. The van der Waals surface area contributed by atoms with Crippen molar-refractivity contribution in [2.75, 3.05) is 18.8 Å². The van der Waals surface area contributed by atoms with Gasteiger partial charge in [0.1, 0.15) is 0 Å². The Morgan fingerprint density at radius 2 is 2.14 bits per heavy atom. The molecule has 0 saturated carbocycles. The van der Waals surface area contributed by atoms with E-state index in [1.54, 1.807) is 17.8 Å². The van der Waals surface area contributed by atoms with E-state index in [4.69, 9.17) is 23.2 Å². The van der Waals surface area contributed by atoms with Crippen molar-refractivity contribution in [1.82, 2.24) is 5.32 Å². The second-order valence-corrected chi connectivity index (χ2v) is 4.76. The molecule has 0 fully saturated rings. The van der Waals surface area contributed by atoms with Crippen LogP contribution in [0.3, 0.4) is 0 Å². The van der Waals surface area contributed by atoms with Crippen LogP contribution in [0.4, 0.5) is 0 Å². The summed E-state index contributed by atoms with van der Waals surface area (Å²) >= 11 is 13.6. The molecule has 1 rings (SSSR count). The van der Waals surface area contributed by atoms with Crippen molar-refractivity contribution < 1.29 is 0 Å². The predicted octanol–water partition coefficient (Wildman–Crippen LogP) is 3.70. The first-order valence-corrected chi connectivity index (χ1v) is 6.26. The summed E-state index contributed by atoms with van der Waals surface area (Å²) in [5.74, 6) is 1.01. The molecule has 0 atom stereocenters. The van der Waals surface area contributed by atoms with Crippen LogP contribution in [0, 0.1) is 0 Å². The smallest absolute Gasteiger partial charge is 0.0542 e. The monoisotopic (exact) mass is 249 g/mol. The Labute approximate surface area is 99.2 Å². The molecular formula is C10H13Cl2NS. The van der Waals surface area contributed by atoms with Crippen molar-refractivity contribution in [2.45, 2.75) is 11.8 Å². The summed E-state index contributed by atoms with van der Waals surface area (Å²) in [5, 5.41) is 4.77. The number of nitrogens with one attached hydrogen (secondary N) is 1. The summed E-state index contributed by atoms with van der Waals surface area (Å²) in [6.45, 7) is 4.09. The minimum Gasteiger partial charge on any atom is -0.316 e. The van der Waals surface area contributed by atoms with Crippen molar-refractivity contribution in [3.8, 4) is 0 Å². The molecule has 0 bridgehead atoms. The van der Waals surface area contributed by atoms with Crippen LogP contribution >= 0.6 is 35.0 Å². The lowest BCUT2D eigenvalue weighted by molar-refractivity contribution is 0.768. The van der Waals surface area contributed by atoms with E-state index in [0.717, 1.165) is 33.8 Å². The lowest BCUT2D eigenvalue weighted by Gasteiger charge is -2.04. The molecule has 0 amide bonds. The summed E-state index contributed by atoms with van der Waals surface area (Å²) in [6.07, 6.45) is 0. The molecule has 1 N–H and O–H groups in total. The van der Waals surface area contributed by atoms with Gasteiger partial charge in [0.05, 0.1) is 5.02 Å². The topological polar surface area (TPSA) is 12.0 Å². The lowest BCUT2D eigenvalue weighted by atomic mass is 10.4. The summed E-state index contributed by atoms with van der Waals surface area (Å²) in [5.41, 5.74) is 0. The highest BCUT2D eigenvalue weighted by Crippen LogP contribution is 2.29. The third-order valence-electron chi connectivity index (χ3n) is 1.68. The van der Waals surface area contributed by atoms with Crippen LogP contribution in [0.1, 0.15) is 6.92 Å². The SMILES string of the molecule is CCNCCSc1cc(Cl)ccc1Cl. The van der Waals surface area contributed by atoms with Crippen molar-refractivity contribution in [1.29, 1.82) is 0 Å². The third kappa shape index (κ3) is 4.09. The van der Waals surface area contributed by atoms with Gasteiger partial charge in [-0.25, -0.2) is 0 Å². The Hall–Kier alpha value is 0.110. The molecule has 0 radical (unpaired) electrons. The zero-order chi connectivity index (χ0) is 10.4. The van der Waals surface area contributed by atoms with Crippen LogP contribution in [0.15, 0.2) is 23.1 Å². The minimum absolute atomic E-state index is 0.736. The van der Waals surface area contributed by atoms with E-state index in [1.165, 1.54) is 0 Å². The second kappa shape index (κ2) is 6.57. The average Bonchev–Trinajstić information content (AvgIpc) is 2.18. The predicted molar refractivity (Wildman–Crippen MR) is 65.7 cm³/mol. The highest BCUT2D eigenvalue weighted by atomic mass is 35.5. The van der Waals surface area contributed by atoms with Gasteiger partial charge < -0.3 is 5.32 Å². The number of rotatable bonds is 5. The number of hydrogen-bond acceptors (Lipinski definition) is 2. The molecule has 78 valence electrons. The van der Waals surface area contributed by atoms with Gasteiger partial charge in [-0.1, -0.05) is 30.1 Å². The maximum atomic E-state index is 6.01. The van der Waals surface area contributed by atoms with Crippen molar-refractivity contribution in [3.05, 3.63) is 28.2 Å². The Morgan fingerprint density at radius 3 is 2.86 bits per heavy atom. The summed E-state index contributed by atoms with van der Waals surface area (Å²) in [4.78, 5) is 1.05. The van der Waals surface area contributed by atoms with E-state index in [2.05, 4.69) is 12.2 Å². The Bertz CT molecular complexity index is 291. The molecule has 1 nitrogen and oxygen atoms in total. The lowest BCUT2D eigenvalue weighted by Crippen LogP contribution is -2.15. The molecule has 14 heavy (non-hydrogen) atoms. The van der Waals surface area contributed by atoms with Gasteiger partial charge in [-0.15, -0.1) is 11.8 Å². The molecular weight excluding hydrogens is 237 g/mol. The molecule has 0 aromatic heterocycles. The van der Waals surface area contributed by atoms with Gasteiger partial charge in [0.15, 0.2) is 0 Å². The fraction of sp³-hybridized carbons (Fsp3) is 0.400. The molecule has 0 aliphatic rings. The standard InChI is InChI=1S/C10H13Cl2NS/c1-2-13-5-6-14-10-7-8(11)3-4-9(10)12/h3-4,7,13H,2,5-6H2,1H3. The largest absolute Gasteiger partial charge is 0.316 e. The van der Waals surface area contributed by atoms with Gasteiger partial charge in [-0.2, -0.15) is 0 Å². The molecule has 1 aromatic carbocycles. The fourth-order valence-corrected chi connectivity index (χ4v) is 2.40. The van der Waals surface area contributed by atoms with Crippen molar-refractivity contribution in [2.24, 2.45) is 0 Å². The third-order valence-corrected chi connectivity index (χ3v) is 3.41. The van der Waals surface area contributed by atoms with E-state index in [9.17, 15) is 0 Å². The van der Waals surface area contributed by atoms with E-state index in [1.807, 2.05) is 12.1 Å². The molecule has 0 saturated heterocycles. The van der Waals surface area contributed by atoms with E-state index >= 15 is 0 Å². The summed E-state index contributed by atoms with van der Waals surface area (Å²) < 4.78 is 0. The maximum Gasteiger partial charge on any atom is 0.0542 e. The summed E-state index contributed by atoms with van der Waals surface area (Å²) in [7, 11) is 0. The maximum absolute atomic E-state index is 6.01. The minimum atomic E-state index is 0.736. The van der Waals surface area contributed by atoms with Crippen LogP contribution in [0.5, 0.6) is 0 Å². The molecule has 0 spiro atoms. The van der Waals surface area contributed by atoms with E-state index in [0.29, 0.717) is 0 Å². The van der Waals surface area contributed by atoms with Crippen LogP contribution in [-0.4, -0.2) is 18.8 Å². The van der Waals surface area contributed by atoms with Crippen LogP contribution in [0.2, 0.25) is 10.0 Å².